The molecule has 0 radical (unpaired) electrons. The highest BCUT2D eigenvalue weighted by Crippen LogP contribution is 2.38. The molecule has 2 aliphatic rings. The number of piperidine rings is 1. The minimum Gasteiger partial charge on any atom is -0.485 e. The van der Waals surface area contributed by atoms with Crippen LogP contribution >= 0.6 is 0 Å². The van der Waals surface area contributed by atoms with Gasteiger partial charge >= 0.3 is 0 Å². The van der Waals surface area contributed by atoms with Crippen molar-refractivity contribution in [2.45, 2.75) is 31.5 Å². The highest BCUT2D eigenvalue weighted by Gasteiger charge is 2.27. The molecule has 7 nitrogen and oxygen atoms in total. The molecular weight excluding hydrogens is 358 g/mol. The standard InChI is InChI=1S/C21H21N3O4/c22-20(26)13-4-5-17-14(8-13)10-19(27-17)12-3-6-18-16(9-12)23-21(28-18)24-7-1-2-15(25)11-24/h3-6,8-9,15,19,25H,1-2,7,10-11H2,(H2,22,26). The Balaban J connectivity index is 1.40. The number of carbonyl (C=O) groups excluding carboxylic acids is 1. The summed E-state index contributed by atoms with van der Waals surface area (Å²) in [5.41, 5.74) is 9.32. The summed E-state index contributed by atoms with van der Waals surface area (Å²) in [6, 6.07) is 11.7. The third-order valence-corrected chi connectivity index (χ3v) is 5.46. The van der Waals surface area contributed by atoms with Crippen LogP contribution in [0.3, 0.4) is 0 Å². The van der Waals surface area contributed by atoms with E-state index in [1.807, 2.05) is 23.1 Å². The Labute approximate surface area is 161 Å². The summed E-state index contributed by atoms with van der Waals surface area (Å²) in [6.07, 6.45) is 1.93. The maximum absolute atomic E-state index is 11.4. The quantitative estimate of drug-likeness (QED) is 0.725. The van der Waals surface area contributed by atoms with Gasteiger partial charge in [-0.15, -0.1) is 0 Å². The predicted molar refractivity (Wildman–Crippen MR) is 103 cm³/mol. The fourth-order valence-corrected chi connectivity index (χ4v) is 3.98. The molecule has 1 aromatic heterocycles. The second-order valence-corrected chi connectivity index (χ2v) is 7.46. The lowest BCUT2D eigenvalue weighted by Crippen LogP contribution is -2.38. The fourth-order valence-electron chi connectivity index (χ4n) is 3.98. The smallest absolute Gasteiger partial charge is 0.298 e. The van der Waals surface area contributed by atoms with Crippen molar-refractivity contribution in [3.63, 3.8) is 0 Å². The number of anilines is 1. The predicted octanol–water partition coefficient (Wildman–Crippen LogP) is 2.56. The monoisotopic (exact) mass is 379 g/mol. The molecule has 1 amide bonds. The molecule has 2 atom stereocenters. The molecule has 2 aliphatic heterocycles. The van der Waals surface area contributed by atoms with Gasteiger partial charge in [0, 0.05) is 25.1 Å². The number of hydrogen-bond donors (Lipinski definition) is 2. The van der Waals surface area contributed by atoms with Gasteiger partial charge in [0.15, 0.2) is 5.58 Å². The van der Waals surface area contributed by atoms with Crippen LogP contribution in [0.2, 0.25) is 0 Å². The molecule has 5 rings (SSSR count). The summed E-state index contributed by atoms with van der Waals surface area (Å²) in [7, 11) is 0. The number of benzene rings is 2. The second-order valence-electron chi connectivity index (χ2n) is 7.46. The number of fused-ring (bicyclic) bond motifs is 2. The van der Waals surface area contributed by atoms with Gasteiger partial charge in [-0.3, -0.25) is 4.79 Å². The molecule has 3 heterocycles. The van der Waals surface area contributed by atoms with Crippen LogP contribution < -0.4 is 15.4 Å². The minimum atomic E-state index is -0.439. The largest absolute Gasteiger partial charge is 0.485 e. The van der Waals surface area contributed by atoms with Crippen LogP contribution in [0.5, 0.6) is 5.75 Å². The molecule has 1 saturated heterocycles. The molecule has 144 valence electrons. The van der Waals surface area contributed by atoms with Crippen LogP contribution in [-0.4, -0.2) is 35.2 Å². The number of nitrogens with zero attached hydrogens (tertiary/aromatic N) is 2. The van der Waals surface area contributed by atoms with Crippen LogP contribution in [0.4, 0.5) is 6.01 Å². The summed E-state index contributed by atoms with van der Waals surface area (Å²) >= 11 is 0. The first-order valence-corrected chi connectivity index (χ1v) is 9.50. The highest BCUT2D eigenvalue weighted by atomic mass is 16.5. The number of hydrogen-bond acceptors (Lipinski definition) is 6. The Morgan fingerprint density at radius 3 is 2.96 bits per heavy atom. The number of aliphatic hydroxyl groups is 1. The van der Waals surface area contributed by atoms with Crippen molar-refractivity contribution < 1.29 is 19.1 Å². The maximum atomic E-state index is 11.4. The van der Waals surface area contributed by atoms with Gasteiger partial charge in [-0.25, -0.2) is 0 Å². The average molecular weight is 379 g/mol. The summed E-state index contributed by atoms with van der Waals surface area (Å²) in [6.45, 7) is 1.38. The Hall–Kier alpha value is -3.06. The number of β-amino-alcohol motifs (C(OH)–C–C–N with tert-alkyl or cyclic N) is 1. The normalized spacial score (nSPS) is 21.5. The third-order valence-electron chi connectivity index (χ3n) is 5.46. The van der Waals surface area contributed by atoms with Gasteiger partial charge in [0.1, 0.15) is 17.4 Å². The zero-order valence-electron chi connectivity index (χ0n) is 15.3. The van der Waals surface area contributed by atoms with Gasteiger partial charge in [0.25, 0.3) is 6.01 Å². The Bertz CT molecular complexity index is 1060. The van der Waals surface area contributed by atoms with E-state index in [-0.39, 0.29) is 12.2 Å². The average Bonchev–Trinajstić information content (AvgIpc) is 3.30. The van der Waals surface area contributed by atoms with E-state index in [0.717, 1.165) is 41.8 Å². The van der Waals surface area contributed by atoms with Crippen LogP contribution in [0, 0.1) is 0 Å². The molecule has 3 N–H and O–H groups in total. The number of ether oxygens (including phenoxy) is 1. The van der Waals surface area contributed by atoms with E-state index < -0.39 is 5.91 Å². The number of oxazole rings is 1. The topological polar surface area (TPSA) is 102 Å². The number of aromatic nitrogens is 1. The molecule has 7 heteroatoms. The Morgan fingerprint density at radius 2 is 2.14 bits per heavy atom. The van der Waals surface area contributed by atoms with Gasteiger partial charge in [-0.1, -0.05) is 6.07 Å². The molecule has 2 aromatic carbocycles. The van der Waals surface area contributed by atoms with Crippen LogP contribution in [0.15, 0.2) is 40.8 Å². The number of aliphatic hydroxyl groups excluding tert-OH is 1. The lowest BCUT2D eigenvalue weighted by molar-refractivity contribution is 0.1000. The Morgan fingerprint density at radius 1 is 1.25 bits per heavy atom. The number of amides is 1. The summed E-state index contributed by atoms with van der Waals surface area (Å²) < 4.78 is 11.9. The van der Waals surface area contributed by atoms with Crippen molar-refractivity contribution in [1.29, 1.82) is 0 Å². The summed E-state index contributed by atoms with van der Waals surface area (Å²) in [4.78, 5) is 18.0. The zero-order chi connectivity index (χ0) is 19.3. The van der Waals surface area contributed by atoms with Gasteiger partial charge in [0.05, 0.1) is 6.10 Å². The lowest BCUT2D eigenvalue weighted by atomic mass is 10.0. The minimum absolute atomic E-state index is 0.139. The van der Waals surface area contributed by atoms with E-state index >= 15 is 0 Å². The summed E-state index contributed by atoms with van der Waals surface area (Å²) in [5.74, 6) is 0.337. The van der Waals surface area contributed by atoms with Crippen LogP contribution in [-0.2, 0) is 6.42 Å². The molecule has 28 heavy (non-hydrogen) atoms. The van der Waals surface area contributed by atoms with Gasteiger partial charge in [-0.2, -0.15) is 4.98 Å². The van der Waals surface area contributed by atoms with E-state index in [0.29, 0.717) is 30.1 Å². The number of rotatable bonds is 3. The SMILES string of the molecule is NC(=O)c1ccc2c(c1)CC(c1ccc3oc(N4CCCC(O)C4)nc3c1)O2. The van der Waals surface area contributed by atoms with E-state index in [1.165, 1.54) is 0 Å². The first-order chi connectivity index (χ1) is 13.6. The van der Waals surface area contributed by atoms with E-state index in [2.05, 4.69) is 4.98 Å². The van der Waals surface area contributed by atoms with Crippen molar-refractivity contribution >= 4 is 23.0 Å². The first-order valence-electron chi connectivity index (χ1n) is 9.50. The number of nitrogens with two attached hydrogens (primary N) is 1. The van der Waals surface area contributed by atoms with Crippen LogP contribution in [0.25, 0.3) is 11.1 Å². The van der Waals surface area contributed by atoms with Gasteiger partial charge in [-0.05, 0) is 54.3 Å². The van der Waals surface area contributed by atoms with Crippen LogP contribution in [0.1, 0.15) is 40.4 Å². The molecule has 1 fully saturated rings. The van der Waals surface area contributed by atoms with E-state index in [1.54, 1.807) is 18.2 Å². The third kappa shape index (κ3) is 2.97. The van der Waals surface area contributed by atoms with Gasteiger partial charge < -0.3 is 24.9 Å². The second kappa shape index (κ2) is 6.53. The zero-order valence-corrected chi connectivity index (χ0v) is 15.3. The van der Waals surface area contributed by atoms with Crippen molar-refractivity contribution in [3.05, 3.63) is 53.1 Å². The van der Waals surface area contributed by atoms with Crippen molar-refractivity contribution in [3.8, 4) is 5.75 Å². The number of carbonyl (C=O) groups is 1. The highest BCUT2D eigenvalue weighted by molar-refractivity contribution is 5.93. The summed E-state index contributed by atoms with van der Waals surface area (Å²) in [5, 5.41) is 9.89. The molecule has 0 saturated carbocycles. The molecule has 2 unspecified atom stereocenters. The molecule has 3 aromatic rings. The molecule has 0 bridgehead atoms. The number of primary amides is 1. The maximum Gasteiger partial charge on any atom is 0.298 e. The lowest BCUT2D eigenvalue weighted by Gasteiger charge is -2.28. The van der Waals surface area contributed by atoms with Crippen molar-refractivity contribution in [2.75, 3.05) is 18.0 Å². The first kappa shape index (κ1) is 17.1. The Kier molecular flexibility index (Phi) is 3.98. The fraction of sp³-hybridized carbons (Fsp3) is 0.333. The van der Waals surface area contributed by atoms with Crippen molar-refractivity contribution in [1.82, 2.24) is 4.98 Å². The van der Waals surface area contributed by atoms with Crippen molar-refractivity contribution in [2.24, 2.45) is 5.73 Å². The van der Waals surface area contributed by atoms with Gasteiger partial charge in [0.2, 0.25) is 5.91 Å². The van der Waals surface area contributed by atoms with E-state index in [4.69, 9.17) is 14.9 Å². The molecule has 0 spiro atoms. The molecule has 0 aliphatic carbocycles. The molecular formula is C21H21N3O4. The van der Waals surface area contributed by atoms with E-state index in [9.17, 15) is 9.90 Å².